The number of aromatic nitrogens is 3. The van der Waals surface area contributed by atoms with E-state index in [9.17, 15) is 5.11 Å². The minimum Gasteiger partial charge on any atom is -0.507 e. The number of thioether (sulfide) groups is 1. The molecule has 3 N–H and O–H groups in total. The fourth-order valence-corrected chi connectivity index (χ4v) is 2.96. The number of phenols is 1. The van der Waals surface area contributed by atoms with Crippen LogP contribution in [-0.2, 0) is 5.75 Å². The van der Waals surface area contributed by atoms with E-state index in [1.165, 1.54) is 18.0 Å². The van der Waals surface area contributed by atoms with E-state index >= 15 is 0 Å². The van der Waals surface area contributed by atoms with Gasteiger partial charge in [-0.2, -0.15) is 10.1 Å². The zero-order valence-electron chi connectivity index (χ0n) is 12.5. The van der Waals surface area contributed by atoms with Crippen molar-refractivity contribution in [2.75, 3.05) is 5.43 Å². The molecule has 122 valence electrons. The van der Waals surface area contributed by atoms with E-state index in [0.717, 1.165) is 10.6 Å². The zero-order valence-corrected chi connectivity index (χ0v) is 14.1. The summed E-state index contributed by atoms with van der Waals surface area (Å²) in [5.74, 6) is 1.26. The Balaban J connectivity index is 1.56. The zero-order chi connectivity index (χ0) is 16.8. The third-order valence-electron chi connectivity index (χ3n) is 3.09. The van der Waals surface area contributed by atoms with E-state index in [2.05, 4.69) is 25.7 Å². The number of halogens is 1. The fourth-order valence-electron chi connectivity index (χ4n) is 1.88. The molecule has 0 fully saturated rings. The number of hydrogen-bond acceptors (Lipinski definition) is 6. The lowest BCUT2D eigenvalue weighted by Crippen LogP contribution is -1.92. The molecule has 0 spiro atoms. The van der Waals surface area contributed by atoms with Gasteiger partial charge in [0.1, 0.15) is 5.75 Å². The standard InChI is InChI=1S/C16H14ClN5OS/c17-13-7-3-1-6-12(13)10-24-16-19-15(21-22-16)20-18-9-11-5-2-4-8-14(11)23/h1-9,23H,10H2,(H2,19,20,21,22)/b18-9-. The van der Waals surface area contributed by atoms with E-state index < -0.39 is 0 Å². The van der Waals surface area contributed by atoms with Gasteiger partial charge in [-0.25, -0.2) is 10.5 Å². The van der Waals surface area contributed by atoms with Gasteiger partial charge >= 0.3 is 0 Å². The first-order valence-electron chi connectivity index (χ1n) is 7.08. The Morgan fingerprint density at radius 1 is 1.21 bits per heavy atom. The summed E-state index contributed by atoms with van der Waals surface area (Å²) in [7, 11) is 0. The molecule has 0 saturated carbocycles. The van der Waals surface area contributed by atoms with Crippen LogP contribution in [0, 0.1) is 0 Å². The number of hydrogen-bond donors (Lipinski definition) is 3. The highest BCUT2D eigenvalue weighted by Gasteiger charge is 2.05. The van der Waals surface area contributed by atoms with Crippen molar-refractivity contribution in [3.63, 3.8) is 0 Å². The Kier molecular flexibility index (Phi) is 5.35. The Bertz CT molecular complexity index is 852. The van der Waals surface area contributed by atoms with E-state index in [-0.39, 0.29) is 5.75 Å². The second-order valence-electron chi connectivity index (χ2n) is 4.78. The number of anilines is 1. The summed E-state index contributed by atoms with van der Waals surface area (Å²) < 4.78 is 0. The Labute approximate surface area is 148 Å². The number of hydrazone groups is 1. The molecule has 1 aromatic heterocycles. The first-order chi connectivity index (χ1) is 11.7. The normalized spacial score (nSPS) is 11.0. The van der Waals surface area contributed by atoms with Crippen molar-refractivity contribution < 1.29 is 5.11 Å². The predicted molar refractivity (Wildman–Crippen MR) is 96.7 cm³/mol. The minimum atomic E-state index is 0.164. The molecule has 0 atom stereocenters. The number of rotatable bonds is 6. The molecule has 0 radical (unpaired) electrons. The van der Waals surface area contributed by atoms with Crippen LogP contribution < -0.4 is 5.43 Å². The molecule has 0 unspecified atom stereocenters. The summed E-state index contributed by atoms with van der Waals surface area (Å²) in [6.45, 7) is 0. The molecule has 6 nitrogen and oxygen atoms in total. The van der Waals surface area contributed by atoms with Crippen LogP contribution in [0.2, 0.25) is 5.02 Å². The maximum Gasteiger partial charge on any atom is 0.240 e. The number of nitrogens with zero attached hydrogens (tertiary/aromatic N) is 3. The fraction of sp³-hybridized carbons (Fsp3) is 0.0625. The lowest BCUT2D eigenvalue weighted by molar-refractivity contribution is 0.474. The van der Waals surface area contributed by atoms with Crippen molar-refractivity contribution in [2.45, 2.75) is 10.9 Å². The molecule has 24 heavy (non-hydrogen) atoms. The largest absolute Gasteiger partial charge is 0.507 e. The summed E-state index contributed by atoms with van der Waals surface area (Å²) >= 11 is 7.59. The van der Waals surface area contributed by atoms with Gasteiger partial charge < -0.3 is 5.11 Å². The average molecular weight is 360 g/mol. The van der Waals surface area contributed by atoms with Gasteiger partial charge in [0.2, 0.25) is 11.1 Å². The Hall–Kier alpha value is -2.51. The maximum absolute atomic E-state index is 9.64. The van der Waals surface area contributed by atoms with Crippen LogP contribution >= 0.6 is 23.4 Å². The molecule has 0 saturated heterocycles. The number of nitrogens with one attached hydrogen (secondary N) is 2. The molecule has 0 aliphatic heterocycles. The molecule has 3 rings (SSSR count). The third kappa shape index (κ3) is 4.27. The number of aromatic amines is 1. The van der Waals surface area contributed by atoms with Gasteiger partial charge in [0.05, 0.1) is 6.21 Å². The summed E-state index contributed by atoms with van der Waals surface area (Å²) in [6.07, 6.45) is 1.51. The first kappa shape index (κ1) is 16.4. The second kappa shape index (κ2) is 7.85. The molecule has 3 aromatic rings. The molecule has 0 amide bonds. The quantitative estimate of drug-likeness (QED) is 0.353. The van der Waals surface area contributed by atoms with Gasteiger partial charge in [0.15, 0.2) is 0 Å². The van der Waals surface area contributed by atoms with E-state index in [1.807, 2.05) is 30.3 Å². The molecule has 2 aromatic carbocycles. The number of H-pyrrole nitrogens is 1. The molecule has 1 heterocycles. The van der Waals surface area contributed by atoms with E-state index in [4.69, 9.17) is 11.6 Å². The highest BCUT2D eigenvalue weighted by atomic mass is 35.5. The van der Waals surface area contributed by atoms with Crippen LogP contribution in [-0.4, -0.2) is 26.5 Å². The molecule has 8 heteroatoms. The van der Waals surface area contributed by atoms with Crippen LogP contribution in [0.15, 0.2) is 58.8 Å². The van der Waals surface area contributed by atoms with Crippen LogP contribution in [0.1, 0.15) is 11.1 Å². The minimum absolute atomic E-state index is 0.164. The first-order valence-corrected chi connectivity index (χ1v) is 8.44. The summed E-state index contributed by atoms with van der Waals surface area (Å²) in [4.78, 5) is 4.27. The van der Waals surface area contributed by atoms with Gasteiger partial charge in [-0.15, -0.1) is 5.10 Å². The maximum atomic E-state index is 9.64. The Morgan fingerprint density at radius 3 is 2.83 bits per heavy atom. The van der Waals surface area contributed by atoms with Crippen LogP contribution in [0.5, 0.6) is 5.75 Å². The second-order valence-corrected chi connectivity index (χ2v) is 6.13. The van der Waals surface area contributed by atoms with Gasteiger partial charge in [0.25, 0.3) is 0 Å². The lowest BCUT2D eigenvalue weighted by Gasteiger charge is -2.00. The monoisotopic (exact) mass is 359 g/mol. The summed E-state index contributed by atoms with van der Waals surface area (Å²) in [5, 5.41) is 21.8. The van der Waals surface area contributed by atoms with Crippen molar-refractivity contribution in [3.05, 3.63) is 64.7 Å². The number of para-hydroxylation sites is 1. The van der Waals surface area contributed by atoms with Crippen molar-refractivity contribution in [2.24, 2.45) is 5.10 Å². The molecular weight excluding hydrogens is 346 g/mol. The van der Waals surface area contributed by atoms with Crippen molar-refractivity contribution >= 4 is 35.5 Å². The van der Waals surface area contributed by atoms with Gasteiger partial charge in [-0.1, -0.05) is 53.7 Å². The summed E-state index contributed by atoms with van der Waals surface area (Å²) in [6, 6.07) is 14.6. The van der Waals surface area contributed by atoms with Crippen molar-refractivity contribution in [1.29, 1.82) is 0 Å². The third-order valence-corrected chi connectivity index (χ3v) is 4.36. The SMILES string of the molecule is Oc1ccccc1/C=N\Nc1nc(SCc2ccccc2Cl)n[nH]1. The smallest absolute Gasteiger partial charge is 0.240 e. The Morgan fingerprint density at radius 2 is 2.00 bits per heavy atom. The van der Waals surface area contributed by atoms with Gasteiger partial charge in [-0.3, -0.25) is 0 Å². The van der Waals surface area contributed by atoms with E-state index in [0.29, 0.717) is 22.4 Å². The molecule has 0 aliphatic rings. The molecule has 0 bridgehead atoms. The van der Waals surface area contributed by atoms with Gasteiger partial charge in [-0.05, 0) is 23.8 Å². The molecule has 0 aliphatic carbocycles. The highest BCUT2D eigenvalue weighted by Crippen LogP contribution is 2.24. The molecular formula is C16H14ClN5OS. The lowest BCUT2D eigenvalue weighted by atomic mass is 10.2. The van der Waals surface area contributed by atoms with Crippen LogP contribution in [0.25, 0.3) is 0 Å². The van der Waals surface area contributed by atoms with Crippen LogP contribution in [0.3, 0.4) is 0 Å². The number of phenolic OH excluding ortho intramolecular Hbond substituents is 1. The number of aromatic hydroxyl groups is 1. The summed E-state index contributed by atoms with van der Waals surface area (Å²) in [5.41, 5.74) is 4.38. The topological polar surface area (TPSA) is 86.2 Å². The predicted octanol–water partition coefficient (Wildman–Crippen LogP) is 3.90. The highest BCUT2D eigenvalue weighted by molar-refractivity contribution is 7.98. The van der Waals surface area contributed by atoms with Gasteiger partial charge in [0, 0.05) is 16.3 Å². The number of benzene rings is 2. The van der Waals surface area contributed by atoms with Crippen LogP contribution in [0.4, 0.5) is 5.95 Å². The van der Waals surface area contributed by atoms with Crippen molar-refractivity contribution in [3.8, 4) is 5.75 Å². The van der Waals surface area contributed by atoms with E-state index in [1.54, 1.807) is 18.2 Å². The van der Waals surface area contributed by atoms with Crippen molar-refractivity contribution in [1.82, 2.24) is 15.2 Å². The average Bonchev–Trinajstić information content (AvgIpc) is 3.04.